The molecule has 5 aromatic rings. The summed E-state index contributed by atoms with van der Waals surface area (Å²) in [6.45, 7) is 5.57. The minimum atomic E-state index is -0.783. The molecular formula is C33H30FN5O2. The van der Waals surface area contributed by atoms with Gasteiger partial charge in [-0.2, -0.15) is 0 Å². The Bertz CT molecular complexity index is 1710. The first-order valence-corrected chi connectivity index (χ1v) is 13.8. The van der Waals surface area contributed by atoms with E-state index in [0.717, 1.165) is 49.7 Å². The van der Waals surface area contributed by atoms with E-state index in [9.17, 15) is 14.0 Å². The molecule has 1 aliphatic rings. The quantitative estimate of drug-likeness (QED) is 0.205. The highest BCUT2D eigenvalue weighted by atomic mass is 19.1. The lowest BCUT2D eigenvalue weighted by atomic mass is 10.0. The highest BCUT2D eigenvalue weighted by Crippen LogP contribution is 2.29. The number of Topliss-reactive ketones (excluding diaryl/α,β-unsaturated/α-hetero) is 1. The Kier molecular flexibility index (Phi) is 7.20. The lowest BCUT2D eigenvalue weighted by molar-refractivity contribution is -0.112. The number of pyridine rings is 2. The Morgan fingerprint density at radius 3 is 2.34 bits per heavy atom. The van der Waals surface area contributed by atoms with Crippen LogP contribution in [0.5, 0.6) is 0 Å². The van der Waals surface area contributed by atoms with Gasteiger partial charge in [0.1, 0.15) is 17.3 Å². The summed E-state index contributed by atoms with van der Waals surface area (Å²) in [7, 11) is 0. The third-order valence-electron chi connectivity index (χ3n) is 7.55. The Morgan fingerprint density at radius 2 is 1.61 bits per heavy atom. The average molecular weight is 548 g/mol. The highest BCUT2D eigenvalue weighted by Gasteiger charge is 2.25. The summed E-state index contributed by atoms with van der Waals surface area (Å²) in [5, 5.41) is 2.73. The number of nitrogens with one attached hydrogen (secondary N) is 1. The van der Waals surface area contributed by atoms with Crippen LogP contribution in [0, 0.1) is 5.82 Å². The predicted molar refractivity (Wildman–Crippen MR) is 160 cm³/mol. The van der Waals surface area contributed by atoms with Crippen molar-refractivity contribution in [3.63, 3.8) is 0 Å². The molecule has 0 atom stereocenters. The van der Waals surface area contributed by atoms with Crippen LogP contribution in [0.1, 0.15) is 23.0 Å². The number of carbonyl (C=O) groups is 2. The molecule has 3 aromatic heterocycles. The average Bonchev–Trinajstić information content (AvgIpc) is 3.40. The number of anilines is 3. The molecule has 1 saturated heterocycles. The summed E-state index contributed by atoms with van der Waals surface area (Å²) >= 11 is 0. The maximum atomic E-state index is 14.1. The van der Waals surface area contributed by atoms with Gasteiger partial charge in [0.05, 0.1) is 0 Å². The smallest absolute Gasteiger partial charge is 0.298 e. The van der Waals surface area contributed by atoms with Crippen LogP contribution >= 0.6 is 0 Å². The molecule has 2 aromatic carbocycles. The molecule has 0 spiro atoms. The van der Waals surface area contributed by atoms with Crippen molar-refractivity contribution in [3.8, 4) is 11.1 Å². The van der Waals surface area contributed by atoms with Gasteiger partial charge in [-0.3, -0.25) is 9.59 Å². The highest BCUT2D eigenvalue weighted by molar-refractivity contribution is 6.47. The van der Waals surface area contributed by atoms with Gasteiger partial charge in [-0.05, 0) is 72.1 Å². The van der Waals surface area contributed by atoms with Crippen molar-refractivity contribution in [2.24, 2.45) is 0 Å². The second-order valence-corrected chi connectivity index (χ2v) is 10.1. The first-order chi connectivity index (χ1) is 20.0. The normalized spacial score (nSPS) is 13.4. The summed E-state index contributed by atoms with van der Waals surface area (Å²) in [5.41, 5.74) is 4.93. The zero-order valence-electron chi connectivity index (χ0n) is 22.8. The van der Waals surface area contributed by atoms with Gasteiger partial charge in [0.25, 0.3) is 11.7 Å². The predicted octanol–water partition coefficient (Wildman–Crippen LogP) is 5.85. The number of hydrogen-bond acceptors (Lipinski definition) is 5. The molecular weight excluding hydrogens is 517 g/mol. The molecule has 1 amide bonds. The fraction of sp³-hybridized carbons (Fsp3) is 0.182. The van der Waals surface area contributed by atoms with E-state index >= 15 is 0 Å². The second-order valence-electron chi connectivity index (χ2n) is 10.1. The van der Waals surface area contributed by atoms with E-state index in [2.05, 4.69) is 39.2 Å². The van der Waals surface area contributed by atoms with E-state index in [0.29, 0.717) is 16.8 Å². The van der Waals surface area contributed by atoms with Crippen LogP contribution in [0.25, 0.3) is 16.6 Å². The number of fused-ring (bicyclic) bond motifs is 1. The number of halogens is 1. The molecule has 4 heterocycles. The monoisotopic (exact) mass is 547 g/mol. The number of benzene rings is 2. The number of ketones is 1. The number of rotatable bonds is 7. The summed E-state index contributed by atoms with van der Waals surface area (Å²) in [5.74, 6) is -1.00. The molecule has 0 unspecified atom stereocenters. The van der Waals surface area contributed by atoms with Crippen molar-refractivity contribution >= 4 is 34.4 Å². The number of carbonyl (C=O) groups excluding carboxylic acids is 2. The Hall–Kier alpha value is -4.98. The third kappa shape index (κ3) is 5.41. The van der Waals surface area contributed by atoms with E-state index in [1.54, 1.807) is 24.3 Å². The maximum Gasteiger partial charge on any atom is 0.298 e. The Balaban J connectivity index is 1.15. The fourth-order valence-electron chi connectivity index (χ4n) is 5.31. The van der Waals surface area contributed by atoms with Crippen molar-refractivity contribution in [3.05, 3.63) is 114 Å². The zero-order valence-corrected chi connectivity index (χ0v) is 22.8. The Morgan fingerprint density at radius 1 is 0.878 bits per heavy atom. The van der Waals surface area contributed by atoms with E-state index in [1.807, 2.05) is 48.7 Å². The second kappa shape index (κ2) is 11.3. The van der Waals surface area contributed by atoms with Crippen LogP contribution in [0.4, 0.5) is 21.6 Å². The van der Waals surface area contributed by atoms with Crippen molar-refractivity contribution < 1.29 is 14.0 Å². The van der Waals surface area contributed by atoms with Crippen molar-refractivity contribution in [2.45, 2.75) is 13.3 Å². The van der Waals surface area contributed by atoms with Crippen LogP contribution in [-0.4, -0.2) is 47.3 Å². The molecule has 7 nitrogen and oxygen atoms in total. The topological polar surface area (TPSA) is 70.0 Å². The lowest BCUT2D eigenvalue weighted by Gasteiger charge is -2.37. The van der Waals surface area contributed by atoms with Crippen molar-refractivity contribution in [1.29, 1.82) is 0 Å². The summed E-state index contributed by atoms with van der Waals surface area (Å²) in [4.78, 5) is 35.7. The van der Waals surface area contributed by atoms with Crippen LogP contribution in [-0.2, 0) is 11.2 Å². The third-order valence-corrected chi connectivity index (χ3v) is 7.55. The van der Waals surface area contributed by atoms with Gasteiger partial charge in [0.15, 0.2) is 0 Å². The number of piperazine rings is 1. The molecule has 0 saturated carbocycles. The van der Waals surface area contributed by atoms with E-state index in [1.165, 1.54) is 22.2 Å². The molecule has 6 rings (SSSR count). The molecule has 8 heteroatoms. The molecule has 41 heavy (non-hydrogen) atoms. The van der Waals surface area contributed by atoms with Gasteiger partial charge < -0.3 is 19.5 Å². The van der Waals surface area contributed by atoms with Crippen LogP contribution in [0.3, 0.4) is 0 Å². The standard InChI is InChI=1S/C33H30FN5O2/c1-2-23-14-15-35-30(20-23)38-18-16-37(17-19-38)27-12-9-26(10-13-27)36-33(41)32(40)31-29(24-6-4-3-5-7-24)21-28-11-8-25(34)22-39(28)31/h3-15,20-22H,2,16-19H2,1H3,(H,36,41). The van der Waals surface area contributed by atoms with E-state index < -0.39 is 17.5 Å². The molecule has 0 aliphatic carbocycles. The number of aryl methyl sites for hydroxylation is 1. The SMILES string of the molecule is CCc1ccnc(N2CCN(c3ccc(NC(=O)C(=O)c4c(-c5ccccc5)cc5ccc(F)cn45)cc3)CC2)c1. The number of hydrogen-bond donors (Lipinski definition) is 1. The van der Waals surface area contributed by atoms with Crippen LogP contribution in [0.15, 0.2) is 97.3 Å². The molecule has 1 aliphatic heterocycles. The van der Waals surface area contributed by atoms with Gasteiger partial charge in [0, 0.05) is 61.0 Å². The fourth-order valence-corrected chi connectivity index (χ4v) is 5.31. The van der Waals surface area contributed by atoms with Crippen molar-refractivity contribution in [2.75, 3.05) is 41.3 Å². The molecule has 0 bridgehead atoms. The largest absolute Gasteiger partial charge is 0.368 e. The van der Waals surface area contributed by atoms with Crippen molar-refractivity contribution in [1.82, 2.24) is 9.38 Å². The van der Waals surface area contributed by atoms with Crippen LogP contribution in [0.2, 0.25) is 0 Å². The molecule has 1 fully saturated rings. The van der Waals surface area contributed by atoms with Gasteiger partial charge in [0.2, 0.25) is 0 Å². The number of nitrogens with zero attached hydrogens (tertiary/aromatic N) is 4. The zero-order chi connectivity index (χ0) is 28.3. The molecule has 0 radical (unpaired) electrons. The van der Waals surface area contributed by atoms with E-state index in [4.69, 9.17) is 0 Å². The summed E-state index contributed by atoms with van der Waals surface area (Å²) < 4.78 is 15.6. The minimum Gasteiger partial charge on any atom is -0.368 e. The van der Waals surface area contributed by atoms with Gasteiger partial charge in [-0.1, -0.05) is 37.3 Å². The van der Waals surface area contributed by atoms with Gasteiger partial charge in [-0.15, -0.1) is 0 Å². The van der Waals surface area contributed by atoms with Crippen LogP contribution < -0.4 is 15.1 Å². The summed E-state index contributed by atoms with van der Waals surface area (Å²) in [6, 6.07) is 25.7. The first kappa shape index (κ1) is 26.3. The van der Waals surface area contributed by atoms with Gasteiger partial charge >= 0.3 is 0 Å². The molecule has 206 valence electrons. The molecule has 1 N–H and O–H groups in total. The maximum absolute atomic E-state index is 14.1. The van der Waals surface area contributed by atoms with Gasteiger partial charge in [-0.25, -0.2) is 9.37 Å². The minimum absolute atomic E-state index is 0.122. The summed E-state index contributed by atoms with van der Waals surface area (Å²) in [6.07, 6.45) is 4.09. The van der Waals surface area contributed by atoms with E-state index in [-0.39, 0.29) is 5.69 Å². The number of aromatic nitrogens is 2. The lowest BCUT2D eigenvalue weighted by Crippen LogP contribution is -2.46. The first-order valence-electron chi connectivity index (χ1n) is 13.8. The number of amides is 1. The Labute approximate surface area is 237 Å².